The van der Waals surface area contributed by atoms with Crippen LogP contribution < -0.4 is 21.9 Å². The van der Waals surface area contributed by atoms with Crippen LogP contribution in [0.2, 0.25) is 0 Å². The Labute approximate surface area is 392 Å². The number of nitrogens with one attached hydrogen (secondary N) is 3. The number of nitrogen functional groups attached to an aromatic ring is 1. The van der Waals surface area contributed by atoms with E-state index in [1.54, 1.807) is 12.1 Å². The van der Waals surface area contributed by atoms with Crippen molar-refractivity contribution in [3.63, 3.8) is 0 Å². The average molecular weight is 957 g/mol. The van der Waals surface area contributed by atoms with E-state index in [9.17, 15) is 39.0 Å². The van der Waals surface area contributed by atoms with Crippen molar-refractivity contribution in [2.45, 2.75) is 91.0 Å². The molecule has 354 valence electrons. The summed E-state index contributed by atoms with van der Waals surface area (Å²) in [7, 11) is 2.48. The summed E-state index contributed by atoms with van der Waals surface area (Å²) >= 11 is 0. The highest BCUT2D eigenvalue weighted by Gasteiger charge is 2.29. The molecule has 0 spiro atoms. The first-order valence-electron chi connectivity index (χ1n) is 21.5. The van der Waals surface area contributed by atoms with Gasteiger partial charge in [-0.05, 0) is 63.9 Å². The number of aryl methyl sites for hydroxylation is 2. The highest BCUT2D eigenvalue weighted by atomic mass is 33.1. The number of ketones is 1. The van der Waals surface area contributed by atoms with Gasteiger partial charge in [-0.1, -0.05) is 53.1 Å². The summed E-state index contributed by atoms with van der Waals surface area (Å²) < 4.78 is 13.3. The predicted molar refractivity (Wildman–Crippen MR) is 255 cm³/mol. The van der Waals surface area contributed by atoms with Gasteiger partial charge >= 0.3 is 18.1 Å². The van der Waals surface area contributed by atoms with Crippen LogP contribution in [0.15, 0.2) is 59.5 Å². The van der Waals surface area contributed by atoms with Crippen LogP contribution in [0.5, 0.6) is 0 Å². The molecule has 67 heavy (non-hydrogen) atoms. The van der Waals surface area contributed by atoms with E-state index in [1.165, 1.54) is 39.9 Å². The lowest BCUT2D eigenvalue weighted by Gasteiger charge is -2.26. The molecule has 0 aliphatic carbocycles. The number of H-pyrrole nitrogens is 1. The molecule has 0 aliphatic rings. The SMILES string of the molecule is CCCCc1nc2c(C)nc3ccccc3c2n1CC(C)(C)OC(=O)OCCSSCC(CC(=O)CCC(NC(=O)c1ccc(NCc2cnc3nc(N)[nH]c(=O)c3n2)cc1)C(=O)O)C(=O)O. The van der Waals surface area contributed by atoms with Gasteiger partial charge in [-0.3, -0.25) is 29.1 Å². The summed E-state index contributed by atoms with van der Waals surface area (Å²) in [5.74, 6) is -3.53. The Morgan fingerprint density at radius 2 is 1.73 bits per heavy atom. The Bertz CT molecular complexity index is 2840. The molecule has 2 aromatic carbocycles. The summed E-state index contributed by atoms with van der Waals surface area (Å²) in [6.07, 6.45) is 2.43. The molecule has 0 saturated heterocycles. The maximum atomic E-state index is 12.9. The molecule has 22 heteroatoms. The second kappa shape index (κ2) is 22.6. The minimum absolute atomic E-state index is 0.00125. The molecular weight excluding hydrogens is 905 g/mol. The molecule has 1 amide bonds. The lowest BCUT2D eigenvalue weighted by atomic mass is 10.00. The lowest BCUT2D eigenvalue weighted by Crippen LogP contribution is -2.41. The third-order valence-electron chi connectivity index (χ3n) is 10.5. The fraction of sp³-hybridized carbons (Fsp3) is 0.400. The zero-order valence-corrected chi connectivity index (χ0v) is 39.0. The van der Waals surface area contributed by atoms with Gasteiger partial charge < -0.3 is 40.6 Å². The second-order valence-corrected chi connectivity index (χ2v) is 18.9. The molecule has 0 saturated carbocycles. The standard InChI is InChI=1S/C45H52N10O10S2/c1-5-6-11-34-52-35-25(2)49-32-10-8-7-9-31(32)37(35)55(34)24-45(3,4)65-44(63)64-18-19-66-67-23-27(41(59)60)20-30(56)16-17-33(42(61)62)51-39(57)26-12-14-28(15-13-26)47-21-29-22-48-38-36(50-29)40(58)54-43(46)53-38/h7-10,12-15,22,27,33,47H,5-6,11,16-21,23-24H2,1-4H3,(H,51,57)(H,59,60)(H,61,62)(H3,46,48,53,54,58). The second-order valence-electron chi connectivity index (χ2n) is 16.3. The number of aromatic nitrogens is 7. The van der Waals surface area contributed by atoms with E-state index in [0.29, 0.717) is 23.7 Å². The van der Waals surface area contributed by atoms with Gasteiger partial charge in [0, 0.05) is 47.4 Å². The third kappa shape index (κ3) is 13.4. The number of rotatable bonds is 24. The Morgan fingerprint density at radius 1 is 0.970 bits per heavy atom. The molecule has 4 heterocycles. The fourth-order valence-corrected chi connectivity index (χ4v) is 9.26. The monoisotopic (exact) mass is 956 g/mol. The van der Waals surface area contributed by atoms with Crippen LogP contribution in [0.25, 0.3) is 33.1 Å². The third-order valence-corrected chi connectivity index (χ3v) is 12.9. The van der Waals surface area contributed by atoms with Crippen LogP contribution in [0.3, 0.4) is 0 Å². The highest BCUT2D eigenvalue weighted by molar-refractivity contribution is 8.76. The van der Waals surface area contributed by atoms with Crippen molar-refractivity contribution in [2.24, 2.45) is 5.92 Å². The van der Waals surface area contributed by atoms with Gasteiger partial charge in [0.1, 0.15) is 35.4 Å². The smallest absolute Gasteiger partial charge is 0.481 e. The van der Waals surface area contributed by atoms with Crippen molar-refractivity contribution >= 4 is 96.1 Å². The van der Waals surface area contributed by atoms with Crippen molar-refractivity contribution in [1.29, 1.82) is 0 Å². The van der Waals surface area contributed by atoms with E-state index < -0.39 is 52.9 Å². The summed E-state index contributed by atoms with van der Waals surface area (Å²) in [4.78, 5) is 99.2. The van der Waals surface area contributed by atoms with Gasteiger partial charge in [-0.2, -0.15) is 4.98 Å². The van der Waals surface area contributed by atoms with Crippen molar-refractivity contribution in [1.82, 2.24) is 39.8 Å². The predicted octanol–water partition coefficient (Wildman–Crippen LogP) is 6.09. The number of para-hydroxylation sites is 1. The van der Waals surface area contributed by atoms with E-state index in [2.05, 4.69) is 42.1 Å². The Balaban J connectivity index is 0.907. The summed E-state index contributed by atoms with van der Waals surface area (Å²) in [6.45, 7) is 8.19. The number of Topliss-reactive ketones (excluding diaryl/α,β-unsaturated/α-hetero) is 1. The number of carbonyl (C=O) groups is 5. The maximum Gasteiger partial charge on any atom is 0.508 e. The highest BCUT2D eigenvalue weighted by Crippen LogP contribution is 2.31. The number of carboxylic acids is 2. The first-order chi connectivity index (χ1) is 32.0. The van der Waals surface area contributed by atoms with Gasteiger partial charge in [0.25, 0.3) is 11.5 Å². The summed E-state index contributed by atoms with van der Waals surface area (Å²) in [5.41, 5.74) is 8.82. The van der Waals surface area contributed by atoms with Gasteiger partial charge in [0.2, 0.25) is 5.95 Å². The number of unbranched alkanes of at least 4 members (excludes halogenated alkanes) is 1. The van der Waals surface area contributed by atoms with Crippen LogP contribution in [0.4, 0.5) is 16.4 Å². The molecular formula is C45H52N10O10S2. The van der Waals surface area contributed by atoms with E-state index in [-0.39, 0.29) is 60.8 Å². The number of nitrogens with zero attached hydrogens (tertiary/aromatic N) is 6. The largest absolute Gasteiger partial charge is 0.508 e. The van der Waals surface area contributed by atoms with Crippen molar-refractivity contribution in [3.8, 4) is 0 Å². The van der Waals surface area contributed by atoms with Crippen molar-refractivity contribution in [3.05, 3.63) is 87.9 Å². The first-order valence-corrected chi connectivity index (χ1v) is 24.0. The Hall–Kier alpha value is -6.81. The van der Waals surface area contributed by atoms with E-state index in [4.69, 9.17) is 25.2 Å². The average Bonchev–Trinajstić information content (AvgIpc) is 3.64. The number of hydrogen-bond donors (Lipinski definition) is 6. The minimum Gasteiger partial charge on any atom is -0.481 e. The summed E-state index contributed by atoms with van der Waals surface area (Å²) in [5, 5.41) is 26.1. The van der Waals surface area contributed by atoms with Crippen molar-refractivity contribution in [2.75, 3.05) is 29.2 Å². The van der Waals surface area contributed by atoms with Crippen LogP contribution in [0, 0.1) is 12.8 Å². The Kier molecular flexibility index (Phi) is 16.7. The van der Waals surface area contributed by atoms with Gasteiger partial charge in [0.15, 0.2) is 11.2 Å². The number of ether oxygens (including phenoxy) is 2. The van der Waals surface area contributed by atoms with Gasteiger partial charge in [-0.15, -0.1) is 0 Å². The normalized spacial score (nSPS) is 12.5. The van der Waals surface area contributed by atoms with Crippen LogP contribution >= 0.6 is 21.6 Å². The number of pyridine rings is 1. The number of aliphatic carboxylic acids is 2. The van der Waals surface area contributed by atoms with Crippen LogP contribution in [-0.2, 0) is 43.4 Å². The van der Waals surface area contributed by atoms with E-state index in [1.807, 2.05) is 45.0 Å². The number of benzene rings is 2. The number of carboxylic acid groups (broad SMARTS) is 2. The molecule has 6 aromatic rings. The van der Waals surface area contributed by atoms with E-state index in [0.717, 1.165) is 52.7 Å². The number of carbonyl (C=O) groups excluding carboxylic acids is 3. The molecule has 2 unspecified atom stereocenters. The zero-order chi connectivity index (χ0) is 48.3. The number of nitrogens with two attached hydrogens (primary N) is 1. The number of anilines is 2. The number of aromatic amines is 1. The number of amides is 1. The molecule has 7 N–H and O–H groups in total. The first kappa shape index (κ1) is 49.6. The molecule has 2 atom stereocenters. The fourth-order valence-electron chi connectivity index (χ4n) is 7.13. The van der Waals surface area contributed by atoms with E-state index >= 15 is 0 Å². The van der Waals surface area contributed by atoms with Gasteiger partial charge in [-0.25, -0.2) is 24.5 Å². The quantitative estimate of drug-likeness (QED) is 0.0227. The van der Waals surface area contributed by atoms with Crippen LogP contribution in [-0.4, -0.2) is 104 Å². The van der Waals surface area contributed by atoms with Gasteiger partial charge in [0.05, 0.1) is 47.6 Å². The van der Waals surface area contributed by atoms with Crippen molar-refractivity contribution < 1.29 is 43.7 Å². The molecule has 0 radical (unpaired) electrons. The molecule has 0 aliphatic heterocycles. The molecule has 0 bridgehead atoms. The molecule has 0 fully saturated rings. The zero-order valence-electron chi connectivity index (χ0n) is 37.4. The molecule has 20 nitrogen and oxygen atoms in total. The number of fused-ring (bicyclic) bond motifs is 4. The number of imidazole rings is 1. The Morgan fingerprint density at radius 3 is 2.46 bits per heavy atom. The maximum absolute atomic E-state index is 12.9. The lowest BCUT2D eigenvalue weighted by molar-refractivity contribution is -0.143. The van der Waals surface area contributed by atoms with Crippen LogP contribution in [0.1, 0.15) is 80.4 Å². The summed E-state index contributed by atoms with van der Waals surface area (Å²) in [6, 6.07) is 12.6. The molecule has 4 aromatic heterocycles. The number of hydrogen-bond acceptors (Lipinski definition) is 17. The minimum atomic E-state index is -1.41. The topological polar surface area (TPSA) is 297 Å². The molecule has 6 rings (SSSR count).